The number of hydrogen-bond donors (Lipinski definition) is 3. The Bertz CT molecular complexity index is 1160. The highest BCUT2D eigenvalue weighted by Crippen LogP contribution is 2.32. The summed E-state index contributed by atoms with van der Waals surface area (Å²) in [4.78, 5) is 11.2. The highest BCUT2D eigenvalue weighted by Gasteiger charge is 2.18. The van der Waals surface area contributed by atoms with Crippen molar-refractivity contribution in [2.75, 3.05) is 27.9 Å². The fraction of sp³-hybridized carbons (Fsp3) is 0.250. The van der Waals surface area contributed by atoms with Crippen LogP contribution in [0.1, 0.15) is 22.3 Å². The first kappa shape index (κ1) is 25.8. The van der Waals surface area contributed by atoms with E-state index in [0.717, 1.165) is 33.6 Å². The molecule has 35 heavy (non-hydrogen) atoms. The van der Waals surface area contributed by atoms with Crippen LogP contribution in [0, 0.1) is 6.92 Å². The van der Waals surface area contributed by atoms with E-state index in [9.17, 15) is 9.90 Å². The molecule has 7 nitrogen and oxygen atoms in total. The maximum Gasteiger partial charge on any atom is 0.323 e. The number of nitrogens with one attached hydrogen (secondary N) is 1. The van der Waals surface area contributed by atoms with E-state index in [0.29, 0.717) is 17.1 Å². The van der Waals surface area contributed by atoms with Crippen LogP contribution < -0.4 is 19.5 Å². The molecule has 0 spiro atoms. The zero-order chi connectivity index (χ0) is 25.4. The molecule has 184 valence electrons. The molecule has 0 radical (unpaired) electrons. The number of rotatable bonds is 11. The number of carboxylic acids is 1. The Labute approximate surface area is 205 Å². The Morgan fingerprint density at radius 3 is 2.17 bits per heavy atom. The molecule has 0 unspecified atom stereocenters. The molecule has 0 amide bonds. The summed E-state index contributed by atoms with van der Waals surface area (Å²) < 4.78 is 16.4. The predicted octanol–water partition coefficient (Wildman–Crippen LogP) is 4.39. The van der Waals surface area contributed by atoms with Crippen molar-refractivity contribution in [3.05, 3.63) is 76.9 Å². The molecule has 3 rings (SSSR count). The van der Waals surface area contributed by atoms with Gasteiger partial charge in [-0.2, -0.15) is 0 Å². The Morgan fingerprint density at radius 1 is 0.971 bits per heavy atom. The van der Waals surface area contributed by atoms with E-state index in [2.05, 4.69) is 24.4 Å². The average molecular weight is 478 g/mol. The monoisotopic (exact) mass is 477 g/mol. The largest absolute Gasteiger partial charge is 0.497 e. The van der Waals surface area contributed by atoms with Crippen molar-refractivity contribution in [2.45, 2.75) is 19.5 Å². The lowest BCUT2D eigenvalue weighted by Crippen LogP contribution is -2.39. The summed E-state index contributed by atoms with van der Waals surface area (Å²) in [5, 5.41) is 21.2. The quantitative estimate of drug-likeness (QED) is 0.352. The van der Waals surface area contributed by atoms with E-state index in [4.69, 9.17) is 19.3 Å². The molecule has 0 bridgehead atoms. The van der Waals surface area contributed by atoms with Crippen LogP contribution in [0.15, 0.2) is 54.6 Å². The minimum Gasteiger partial charge on any atom is -0.497 e. The minimum absolute atomic E-state index is 0.164. The van der Waals surface area contributed by atoms with Crippen molar-refractivity contribution >= 4 is 18.1 Å². The molecule has 0 aliphatic carbocycles. The molecule has 3 N–H and O–H groups in total. The maximum absolute atomic E-state index is 11.2. The first-order chi connectivity index (χ1) is 16.9. The molecule has 0 heterocycles. The van der Waals surface area contributed by atoms with Crippen molar-refractivity contribution in [1.29, 1.82) is 0 Å². The maximum atomic E-state index is 11.2. The molecule has 0 aliphatic rings. The number of ether oxygens (including phenoxy) is 3. The van der Waals surface area contributed by atoms with Gasteiger partial charge in [0.15, 0.2) is 0 Å². The van der Waals surface area contributed by atoms with Gasteiger partial charge in [0.1, 0.15) is 23.3 Å². The second-order valence-corrected chi connectivity index (χ2v) is 7.94. The zero-order valence-electron chi connectivity index (χ0n) is 20.4. The lowest BCUT2D eigenvalue weighted by Gasteiger charge is -2.17. The number of methoxy groups -OCH3 is 3. The van der Waals surface area contributed by atoms with Gasteiger partial charge in [-0.25, -0.2) is 0 Å². The van der Waals surface area contributed by atoms with Crippen LogP contribution in [0.2, 0.25) is 0 Å². The van der Waals surface area contributed by atoms with E-state index in [-0.39, 0.29) is 6.54 Å². The van der Waals surface area contributed by atoms with E-state index in [1.54, 1.807) is 21.3 Å². The van der Waals surface area contributed by atoms with Crippen LogP contribution in [0.5, 0.6) is 17.2 Å². The van der Waals surface area contributed by atoms with Crippen molar-refractivity contribution in [1.82, 2.24) is 5.32 Å². The molecule has 3 aromatic carbocycles. The summed E-state index contributed by atoms with van der Waals surface area (Å²) in [7, 11) is 4.75. The van der Waals surface area contributed by atoms with Gasteiger partial charge in [-0.15, -0.1) is 0 Å². The van der Waals surface area contributed by atoms with Gasteiger partial charge in [-0.1, -0.05) is 42.5 Å². The molecule has 0 saturated heterocycles. The molecule has 1 atom stereocenters. The third kappa shape index (κ3) is 6.20. The van der Waals surface area contributed by atoms with Gasteiger partial charge in [0.2, 0.25) is 0 Å². The van der Waals surface area contributed by atoms with Crippen LogP contribution >= 0.6 is 0 Å². The Hall–Kier alpha value is -3.81. The van der Waals surface area contributed by atoms with Crippen molar-refractivity contribution < 1.29 is 29.2 Å². The first-order valence-electron chi connectivity index (χ1n) is 11.2. The summed E-state index contributed by atoms with van der Waals surface area (Å²) in [5.41, 5.74) is 6.02. The van der Waals surface area contributed by atoms with E-state index in [1.165, 1.54) is 0 Å². The molecular formula is C28H31NO6. The topological polar surface area (TPSA) is 97.2 Å². The first-order valence-corrected chi connectivity index (χ1v) is 11.2. The van der Waals surface area contributed by atoms with E-state index < -0.39 is 18.6 Å². The fourth-order valence-electron chi connectivity index (χ4n) is 3.83. The summed E-state index contributed by atoms with van der Waals surface area (Å²) in [6.45, 7) is 1.74. The third-order valence-corrected chi connectivity index (χ3v) is 5.87. The molecule has 0 aromatic heterocycles. The molecule has 0 saturated carbocycles. The minimum atomic E-state index is -1.13. The number of hydrogen-bond acceptors (Lipinski definition) is 6. The summed E-state index contributed by atoms with van der Waals surface area (Å²) in [6.07, 6.45) is 4.02. The normalized spacial score (nSPS) is 11.9. The zero-order valence-corrected chi connectivity index (χ0v) is 20.4. The molecule has 0 fully saturated rings. The number of carboxylic acid groups (broad SMARTS) is 1. The molecule has 0 aliphatic heterocycles. The van der Waals surface area contributed by atoms with Crippen LogP contribution in [0.4, 0.5) is 0 Å². The summed E-state index contributed by atoms with van der Waals surface area (Å²) >= 11 is 0. The Morgan fingerprint density at radius 2 is 1.63 bits per heavy atom. The average Bonchev–Trinajstić information content (AvgIpc) is 2.88. The molecule has 3 aromatic rings. The lowest BCUT2D eigenvalue weighted by molar-refractivity contribution is -0.140. The van der Waals surface area contributed by atoms with E-state index >= 15 is 0 Å². The SMILES string of the molecule is COc1ccc(-c2cccc(/C=C/c3cc(OC)c(CN[C@@H](CO)C(=O)O)c(OC)c3)c2C)cc1. The summed E-state index contributed by atoms with van der Waals surface area (Å²) in [5.74, 6) is 0.806. The van der Waals surface area contributed by atoms with Crippen LogP contribution in [-0.2, 0) is 11.3 Å². The van der Waals surface area contributed by atoms with Gasteiger partial charge in [-0.05, 0) is 59.0 Å². The van der Waals surface area contributed by atoms with Gasteiger partial charge < -0.3 is 24.4 Å². The predicted molar refractivity (Wildman–Crippen MR) is 137 cm³/mol. The molecule has 7 heteroatoms. The van der Waals surface area contributed by atoms with Crippen molar-refractivity contribution in [2.24, 2.45) is 0 Å². The van der Waals surface area contributed by atoms with Crippen molar-refractivity contribution in [3.63, 3.8) is 0 Å². The van der Waals surface area contributed by atoms with Gasteiger partial charge in [0.05, 0.1) is 27.9 Å². The fourth-order valence-corrected chi connectivity index (χ4v) is 3.83. The number of aliphatic hydroxyl groups is 1. The van der Waals surface area contributed by atoms with E-state index in [1.807, 2.05) is 54.6 Å². The highest BCUT2D eigenvalue weighted by atomic mass is 16.5. The highest BCUT2D eigenvalue weighted by molar-refractivity contribution is 5.78. The lowest BCUT2D eigenvalue weighted by atomic mass is 9.96. The third-order valence-electron chi connectivity index (χ3n) is 5.87. The van der Waals surface area contributed by atoms with Crippen LogP contribution in [0.25, 0.3) is 23.3 Å². The van der Waals surface area contributed by atoms with Gasteiger partial charge >= 0.3 is 5.97 Å². The number of aliphatic hydroxyl groups excluding tert-OH is 1. The van der Waals surface area contributed by atoms with Gasteiger partial charge in [0, 0.05) is 12.1 Å². The van der Waals surface area contributed by atoms with Gasteiger partial charge in [0.25, 0.3) is 0 Å². The standard InChI is InChI=1S/C28H31NO6/c1-18-20(6-5-7-23(18)21-10-12-22(33-2)13-11-21)9-8-19-14-26(34-3)24(27(15-19)35-4)16-29-25(17-30)28(31)32/h5-15,25,29-30H,16-17H2,1-4H3,(H,31,32)/b9-8+/t25-/m0/s1. The molecular weight excluding hydrogens is 446 g/mol. The van der Waals surface area contributed by atoms with Crippen molar-refractivity contribution in [3.8, 4) is 28.4 Å². The second kappa shape index (κ2) is 12.1. The Kier molecular flexibility index (Phi) is 8.89. The van der Waals surface area contributed by atoms with Crippen LogP contribution in [0.3, 0.4) is 0 Å². The number of benzene rings is 3. The van der Waals surface area contributed by atoms with Gasteiger partial charge in [-0.3, -0.25) is 10.1 Å². The van der Waals surface area contributed by atoms with Crippen LogP contribution in [-0.4, -0.2) is 50.2 Å². The number of aliphatic carboxylic acids is 1. The Balaban J connectivity index is 1.89. The summed E-state index contributed by atoms with van der Waals surface area (Å²) in [6, 6.07) is 16.8. The second-order valence-electron chi connectivity index (χ2n) is 7.94. The smallest absolute Gasteiger partial charge is 0.323 e. The number of carbonyl (C=O) groups is 1.